The second-order valence-electron chi connectivity index (χ2n) is 8.58. The first-order valence-electron chi connectivity index (χ1n) is 10.6. The maximum Gasteiger partial charge on any atom is 0.407 e. The second kappa shape index (κ2) is 10.1. The lowest BCUT2D eigenvalue weighted by Crippen LogP contribution is -2.35. The molecule has 0 radical (unpaired) electrons. The Morgan fingerprint density at radius 1 is 1.03 bits per heavy atom. The summed E-state index contributed by atoms with van der Waals surface area (Å²) in [6, 6.07) is 19.8. The van der Waals surface area contributed by atoms with Crippen molar-refractivity contribution in [3.05, 3.63) is 72.4 Å². The molecule has 0 aliphatic rings. The third-order valence-electron chi connectivity index (χ3n) is 4.70. The summed E-state index contributed by atoms with van der Waals surface area (Å²) in [5.41, 5.74) is 3.14. The fourth-order valence-electron chi connectivity index (χ4n) is 3.20. The van der Waals surface area contributed by atoms with Gasteiger partial charge in [-0.25, -0.2) is 9.48 Å². The number of hydrogen-bond donors (Lipinski definition) is 1. The molecular formula is C25H30N4O3. The molecule has 0 bridgehead atoms. The number of aromatic nitrogens is 2. The highest BCUT2D eigenvalue weighted by Crippen LogP contribution is 2.24. The normalized spacial score (nSPS) is 11.1. The predicted molar refractivity (Wildman–Crippen MR) is 124 cm³/mol. The molecule has 0 saturated carbocycles. The van der Waals surface area contributed by atoms with Gasteiger partial charge in [0, 0.05) is 43.9 Å². The Balaban J connectivity index is 1.69. The van der Waals surface area contributed by atoms with Crippen LogP contribution in [0.3, 0.4) is 0 Å². The first-order chi connectivity index (χ1) is 15.2. The van der Waals surface area contributed by atoms with Gasteiger partial charge in [0.05, 0.1) is 11.4 Å². The Hall–Kier alpha value is -3.61. The van der Waals surface area contributed by atoms with Gasteiger partial charge in [-0.1, -0.05) is 48.5 Å². The van der Waals surface area contributed by atoms with Crippen LogP contribution in [0.2, 0.25) is 0 Å². The zero-order valence-corrected chi connectivity index (χ0v) is 19.0. The van der Waals surface area contributed by atoms with Crippen LogP contribution in [0.15, 0.2) is 66.9 Å². The molecule has 168 valence electrons. The minimum atomic E-state index is -0.572. The van der Waals surface area contributed by atoms with Gasteiger partial charge in [0.25, 0.3) is 0 Å². The molecule has 0 aliphatic carbocycles. The third-order valence-corrected chi connectivity index (χ3v) is 4.70. The lowest BCUT2D eigenvalue weighted by atomic mass is 10.1. The molecule has 0 atom stereocenters. The van der Waals surface area contributed by atoms with Crippen molar-refractivity contribution in [2.75, 3.05) is 13.6 Å². The maximum atomic E-state index is 12.6. The fraction of sp³-hybridized carbons (Fsp3) is 0.320. The number of para-hydroxylation sites is 1. The van der Waals surface area contributed by atoms with Crippen molar-refractivity contribution in [2.24, 2.45) is 0 Å². The molecule has 1 N–H and O–H groups in total. The fourth-order valence-corrected chi connectivity index (χ4v) is 3.20. The third kappa shape index (κ3) is 6.44. The van der Waals surface area contributed by atoms with Crippen molar-refractivity contribution in [2.45, 2.75) is 39.3 Å². The van der Waals surface area contributed by atoms with E-state index in [1.807, 2.05) is 71.5 Å². The van der Waals surface area contributed by atoms with Crippen LogP contribution in [0.1, 0.15) is 32.8 Å². The van der Waals surface area contributed by atoms with E-state index in [0.29, 0.717) is 6.54 Å². The predicted octanol–water partition coefficient (Wildman–Crippen LogP) is 4.41. The van der Waals surface area contributed by atoms with Gasteiger partial charge in [-0.2, -0.15) is 5.10 Å². The molecule has 2 aromatic carbocycles. The van der Waals surface area contributed by atoms with E-state index >= 15 is 0 Å². The molecule has 3 aromatic rings. The van der Waals surface area contributed by atoms with E-state index in [0.717, 1.165) is 22.5 Å². The lowest BCUT2D eigenvalue weighted by Gasteiger charge is -2.20. The highest BCUT2D eigenvalue weighted by atomic mass is 16.6. The quantitative estimate of drug-likeness (QED) is 0.598. The van der Waals surface area contributed by atoms with Gasteiger partial charge in [0.2, 0.25) is 5.91 Å². The van der Waals surface area contributed by atoms with Crippen LogP contribution in [-0.2, 0) is 16.1 Å². The van der Waals surface area contributed by atoms with Crippen LogP contribution in [0.25, 0.3) is 16.9 Å². The summed E-state index contributed by atoms with van der Waals surface area (Å²) in [5, 5.41) is 7.41. The molecule has 0 unspecified atom stereocenters. The van der Waals surface area contributed by atoms with Crippen molar-refractivity contribution >= 4 is 12.0 Å². The van der Waals surface area contributed by atoms with Crippen molar-refractivity contribution in [1.29, 1.82) is 0 Å². The molecule has 0 aliphatic heterocycles. The van der Waals surface area contributed by atoms with Crippen LogP contribution in [0.5, 0.6) is 0 Å². The van der Waals surface area contributed by atoms with Crippen LogP contribution in [0, 0.1) is 0 Å². The first kappa shape index (κ1) is 23.1. The number of carbonyl (C=O) groups is 2. The van der Waals surface area contributed by atoms with Gasteiger partial charge in [-0.15, -0.1) is 0 Å². The number of nitrogens with one attached hydrogen (secondary N) is 1. The summed E-state index contributed by atoms with van der Waals surface area (Å²) in [5.74, 6) is -0.0764. The molecule has 2 amide bonds. The first-order valence-corrected chi connectivity index (χ1v) is 10.6. The molecule has 32 heavy (non-hydrogen) atoms. The van der Waals surface area contributed by atoms with Crippen LogP contribution in [0.4, 0.5) is 4.79 Å². The Bertz CT molecular complexity index is 1040. The van der Waals surface area contributed by atoms with Gasteiger partial charge < -0.3 is 15.0 Å². The van der Waals surface area contributed by atoms with E-state index in [4.69, 9.17) is 9.84 Å². The van der Waals surface area contributed by atoms with Gasteiger partial charge >= 0.3 is 6.09 Å². The van der Waals surface area contributed by atoms with E-state index in [2.05, 4.69) is 5.32 Å². The number of hydrogen-bond acceptors (Lipinski definition) is 4. The number of ether oxygens (including phenoxy) is 1. The van der Waals surface area contributed by atoms with Crippen molar-refractivity contribution in [3.8, 4) is 16.9 Å². The number of carbonyl (C=O) groups excluding carboxylic acids is 2. The summed E-state index contributed by atoms with van der Waals surface area (Å²) in [6.45, 7) is 6.01. The zero-order valence-electron chi connectivity index (χ0n) is 19.0. The highest BCUT2D eigenvalue weighted by molar-refractivity contribution is 5.77. The minimum absolute atomic E-state index is 0.0764. The van der Waals surface area contributed by atoms with Crippen LogP contribution in [-0.4, -0.2) is 45.9 Å². The molecule has 1 heterocycles. The van der Waals surface area contributed by atoms with E-state index in [1.165, 1.54) is 0 Å². The monoisotopic (exact) mass is 434 g/mol. The summed E-state index contributed by atoms with van der Waals surface area (Å²) in [7, 11) is 1.75. The van der Waals surface area contributed by atoms with Gasteiger partial charge in [0.15, 0.2) is 0 Å². The van der Waals surface area contributed by atoms with Gasteiger partial charge in [-0.05, 0) is 32.9 Å². The number of benzene rings is 2. The molecule has 0 fully saturated rings. The Kier molecular flexibility index (Phi) is 7.30. The number of alkyl carbamates (subject to hydrolysis) is 1. The number of rotatable bonds is 7. The minimum Gasteiger partial charge on any atom is -0.444 e. The number of amides is 2. The molecule has 3 rings (SSSR count). The molecule has 1 aromatic heterocycles. The van der Waals surface area contributed by atoms with E-state index in [9.17, 15) is 9.59 Å². The Morgan fingerprint density at radius 3 is 2.28 bits per heavy atom. The Morgan fingerprint density at radius 2 is 1.66 bits per heavy atom. The SMILES string of the molecule is CN(Cc1cn(-c2ccccc2)nc1-c1ccccc1)C(=O)CCNC(=O)OC(C)(C)C. The van der Waals surface area contributed by atoms with Crippen LogP contribution >= 0.6 is 0 Å². The van der Waals surface area contributed by atoms with E-state index < -0.39 is 11.7 Å². The van der Waals surface area contributed by atoms with Gasteiger partial charge in [-0.3, -0.25) is 4.79 Å². The summed E-state index contributed by atoms with van der Waals surface area (Å²) in [4.78, 5) is 26.1. The summed E-state index contributed by atoms with van der Waals surface area (Å²) >= 11 is 0. The molecular weight excluding hydrogens is 404 g/mol. The number of nitrogens with zero attached hydrogens (tertiary/aromatic N) is 3. The van der Waals surface area contributed by atoms with Gasteiger partial charge in [0.1, 0.15) is 5.60 Å². The topological polar surface area (TPSA) is 76.5 Å². The largest absolute Gasteiger partial charge is 0.444 e. The standard InChI is InChI=1S/C25H30N4O3/c1-25(2,3)32-24(31)26-16-15-22(30)28(4)17-20-18-29(21-13-9-6-10-14-21)27-23(20)19-11-7-5-8-12-19/h5-14,18H,15-17H2,1-4H3,(H,26,31). The van der Waals surface area contributed by atoms with E-state index in [-0.39, 0.29) is 18.9 Å². The Labute approximate surface area is 189 Å². The second-order valence-corrected chi connectivity index (χ2v) is 8.58. The van der Waals surface area contributed by atoms with Crippen molar-refractivity contribution in [1.82, 2.24) is 20.0 Å². The van der Waals surface area contributed by atoms with Crippen molar-refractivity contribution < 1.29 is 14.3 Å². The molecule has 7 nitrogen and oxygen atoms in total. The average molecular weight is 435 g/mol. The molecule has 0 spiro atoms. The van der Waals surface area contributed by atoms with E-state index in [1.54, 1.807) is 32.7 Å². The average Bonchev–Trinajstić information content (AvgIpc) is 3.17. The van der Waals surface area contributed by atoms with Crippen LogP contribution < -0.4 is 5.32 Å². The smallest absolute Gasteiger partial charge is 0.407 e. The molecule has 7 heteroatoms. The molecule has 0 saturated heterocycles. The summed E-state index contributed by atoms with van der Waals surface area (Å²) in [6.07, 6.45) is 1.62. The highest BCUT2D eigenvalue weighted by Gasteiger charge is 2.18. The summed E-state index contributed by atoms with van der Waals surface area (Å²) < 4.78 is 7.03. The maximum absolute atomic E-state index is 12.6. The zero-order chi connectivity index (χ0) is 23.1. The van der Waals surface area contributed by atoms with Crippen molar-refractivity contribution in [3.63, 3.8) is 0 Å². The lowest BCUT2D eigenvalue weighted by molar-refractivity contribution is -0.130.